The summed E-state index contributed by atoms with van der Waals surface area (Å²) in [6.45, 7) is 3.63. The van der Waals surface area contributed by atoms with E-state index in [-0.39, 0.29) is 5.82 Å². The largest absolute Gasteiger partial charge is 0.387 e. The molecule has 2 aromatic rings. The van der Waals surface area contributed by atoms with Crippen molar-refractivity contribution in [2.45, 2.75) is 25.4 Å². The number of halogens is 2. The van der Waals surface area contributed by atoms with Gasteiger partial charge in [0, 0.05) is 17.2 Å². The smallest absolute Gasteiger partial charge is 0.141 e. The zero-order valence-electron chi connectivity index (χ0n) is 10.8. The van der Waals surface area contributed by atoms with E-state index >= 15 is 0 Å². The molecule has 0 saturated carbocycles. The number of aliphatic hydroxyl groups excluding tert-OH is 1. The topological polar surface area (TPSA) is 33.1 Å². The summed E-state index contributed by atoms with van der Waals surface area (Å²) in [6, 6.07) is 7.17. The molecule has 0 bridgehead atoms. The van der Waals surface area contributed by atoms with Gasteiger partial charge in [-0.1, -0.05) is 26.0 Å². The van der Waals surface area contributed by atoms with Crippen molar-refractivity contribution in [3.05, 3.63) is 65.5 Å². The number of nitrogens with zero attached hydrogens (tertiary/aromatic N) is 1. The Kier molecular flexibility index (Phi) is 3.62. The number of hydrogen-bond donors (Lipinski definition) is 1. The Morgan fingerprint density at radius 2 is 1.68 bits per heavy atom. The Balaban J connectivity index is 2.35. The second-order valence-corrected chi connectivity index (χ2v) is 5.07. The van der Waals surface area contributed by atoms with Gasteiger partial charge in [0.15, 0.2) is 0 Å². The molecule has 4 heteroatoms. The first kappa shape index (κ1) is 13.6. The van der Waals surface area contributed by atoms with Gasteiger partial charge in [-0.2, -0.15) is 0 Å². The van der Waals surface area contributed by atoms with Crippen molar-refractivity contribution in [1.29, 1.82) is 0 Å². The maximum atomic E-state index is 13.1. The second-order valence-electron chi connectivity index (χ2n) is 5.07. The van der Waals surface area contributed by atoms with Gasteiger partial charge < -0.3 is 5.11 Å². The molecule has 0 radical (unpaired) electrons. The van der Waals surface area contributed by atoms with E-state index in [9.17, 15) is 13.9 Å². The summed E-state index contributed by atoms with van der Waals surface area (Å²) in [6.07, 6.45) is 1.58. The van der Waals surface area contributed by atoms with E-state index in [0.29, 0.717) is 5.56 Å². The Morgan fingerprint density at radius 3 is 2.26 bits per heavy atom. The van der Waals surface area contributed by atoms with E-state index < -0.39 is 17.3 Å². The van der Waals surface area contributed by atoms with Gasteiger partial charge in [-0.25, -0.2) is 8.78 Å². The summed E-state index contributed by atoms with van der Waals surface area (Å²) in [5, 5.41) is 10.4. The van der Waals surface area contributed by atoms with E-state index in [2.05, 4.69) is 4.98 Å². The number of benzene rings is 1. The molecule has 0 aliphatic carbocycles. The van der Waals surface area contributed by atoms with Gasteiger partial charge in [-0.3, -0.25) is 4.98 Å². The molecule has 1 atom stereocenters. The monoisotopic (exact) mass is 263 g/mol. The van der Waals surface area contributed by atoms with Crippen LogP contribution in [0.15, 0.2) is 42.7 Å². The predicted molar refractivity (Wildman–Crippen MR) is 68.6 cm³/mol. The van der Waals surface area contributed by atoms with Crippen LogP contribution in [-0.4, -0.2) is 10.1 Å². The molecule has 1 heterocycles. The first-order valence-electron chi connectivity index (χ1n) is 5.96. The lowest BCUT2D eigenvalue weighted by atomic mass is 9.77. The average molecular weight is 263 g/mol. The zero-order valence-corrected chi connectivity index (χ0v) is 10.8. The van der Waals surface area contributed by atoms with Crippen molar-refractivity contribution < 1.29 is 13.9 Å². The third-order valence-corrected chi connectivity index (χ3v) is 3.31. The van der Waals surface area contributed by atoms with E-state index in [4.69, 9.17) is 0 Å². The summed E-state index contributed by atoms with van der Waals surface area (Å²) >= 11 is 0. The third kappa shape index (κ3) is 2.79. The molecule has 1 aromatic heterocycles. The molecule has 1 unspecified atom stereocenters. The lowest BCUT2D eigenvalue weighted by molar-refractivity contribution is 0.0995. The van der Waals surface area contributed by atoms with Gasteiger partial charge in [-0.05, 0) is 23.8 Å². The highest BCUT2D eigenvalue weighted by molar-refractivity contribution is 5.29. The van der Waals surface area contributed by atoms with Crippen molar-refractivity contribution in [2.75, 3.05) is 0 Å². The third-order valence-electron chi connectivity index (χ3n) is 3.31. The first-order chi connectivity index (χ1) is 8.91. The average Bonchev–Trinajstić information content (AvgIpc) is 2.38. The van der Waals surface area contributed by atoms with Crippen LogP contribution >= 0.6 is 0 Å². The molecule has 0 fully saturated rings. The molecule has 0 aliphatic rings. The van der Waals surface area contributed by atoms with E-state index in [1.165, 1.54) is 24.4 Å². The molecule has 0 saturated heterocycles. The minimum Gasteiger partial charge on any atom is -0.387 e. The van der Waals surface area contributed by atoms with Gasteiger partial charge in [0.25, 0.3) is 0 Å². The Bertz CT molecular complexity index is 567. The highest BCUT2D eigenvalue weighted by atomic mass is 19.1. The maximum Gasteiger partial charge on any atom is 0.141 e. The predicted octanol–water partition coefficient (Wildman–Crippen LogP) is 3.37. The van der Waals surface area contributed by atoms with Crippen LogP contribution in [-0.2, 0) is 5.41 Å². The van der Waals surface area contributed by atoms with Crippen LogP contribution in [0.1, 0.15) is 31.1 Å². The van der Waals surface area contributed by atoms with Crippen molar-refractivity contribution in [2.24, 2.45) is 0 Å². The van der Waals surface area contributed by atoms with Gasteiger partial charge in [0.05, 0.1) is 12.3 Å². The molecule has 1 N–H and O–H groups in total. The molecule has 19 heavy (non-hydrogen) atoms. The van der Waals surface area contributed by atoms with Gasteiger partial charge in [-0.15, -0.1) is 0 Å². The number of rotatable bonds is 3. The van der Waals surface area contributed by atoms with Crippen molar-refractivity contribution in [1.82, 2.24) is 4.98 Å². The van der Waals surface area contributed by atoms with Crippen molar-refractivity contribution in [3.8, 4) is 0 Å². The molecule has 0 amide bonds. The molecule has 2 nitrogen and oxygen atoms in total. The minimum absolute atomic E-state index is 0.332. The fraction of sp³-hybridized carbons (Fsp3) is 0.267. The first-order valence-corrected chi connectivity index (χ1v) is 5.96. The SMILES string of the molecule is CC(C)(c1ccc(F)cc1)C(O)c1cncc(F)c1. The Labute approximate surface area is 110 Å². The van der Waals surface area contributed by atoms with Gasteiger partial charge in [0.2, 0.25) is 0 Å². The van der Waals surface area contributed by atoms with E-state index in [1.807, 2.05) is 13.8 Å². The molecular weight excluding hydrogens is 248 g/mol. The fourth-order valence-corrected chi connectivity index (χ4v) is 2.03. The number of aromatic nitrogens is 1. The van der Waals surface area contributed by atoms with Crippen LogP contribution in [0.3, 0.4) is 0 Å². The molecule has 0 spiro atoms. The standard InChI is InChI=1S/C15H15F2NO/c1-15(2,11-3-5-12(16)6-4-11)14(19)10-7-13(17)9-18-8-10/h3-9,14,19H,1-2H3. The minimum atomic E-state index is -0.929. The molecule has 100 valence electrons. The van der Waals surface area contributed by atoms with Gasteiger partial charge >= 0.3 is 0 Å². The van der Waals surface area contributed by atoms with Crippen LogP contribution in [0.2, 0.25) is 0 Å². The van der Waals surface area contributed by atoms with Crippen LogP contribution in [0.25, 0.3) is 0 Å². The summed E-state index contributed by atoms with van der Waals surface area (Å²) in [4.78, 5) is 3.73. The summed E-state index contributed by atoms with van der Waals surface area (Å²) in [7, 11) is 0. The summed E-state index contributed by atoms with van der Waals surface area (Å²) in [5.74, 6) is -0.826. The van der Waals surface area contributed by atoms with E-state index in [0.717, 1.165) is 11.8 Å². The molecule has 0 aliphatic heterocycles. The van der Waals surface area contributed by atoms with E-state index in [1.54, 1.807) is 12.1 Å². The fourth-order valence-electron chi connectivity index (χ4n) is 2.03. The van der Waals surface area contributed by atoms with Crippen molar-refractivity contribution >= 4 is 0 Å². The summed E-state index contributed by atoms with van der Waals surface area (Å²) < 4.78 is 26.1. The Hall–Kier alpha value is -1.81. The molecule has 1 aromatic carbocycles. The molecule has 2 rings (SSSR count). The lowest BCUT2D eigenvalue weighted by Gasteiger charge is -2.31. The zero-order chi connectivity index (χ0) is 14.0. The highest BCUT2D eigenvalue weighted by Crippen LogP contribution is 2.36. The number of hydrogen-bond acceptors (Lipinski definition) is 2. The highest BCUT2D eigenvalue weighted by Gasteiger charge is 2.31. The van der Waals surface area contributed by atoms with Crippen LogP contribution in [0.5, 0.6) is 0 Å². The lowest BCUT2D eigenvalue weighted by Crippen LogP contribution is -2.27. The number of aliphatic hydroxyl groups is 1. The Morgan fingerprint density at radius 1 is 1.05 bits per heavy atom. The quantitative estimate of drug-likeness (QED) is 0.921. The van der Waals surface area contributed by atoms with Crippen LogP contribution < -0.4 is 0 Å². The van der Waals surface area contributed by atoms with Crippen LogP contribution in [0, 0.1) is 11.6 Å². The molecular formula is C15H15F2NO. The summed E-state index contributed by atoms with van der Waals surface area (Å²) in [5.41, 5.74) is 0.489. The number of pyridine rings is 1. The second kappa shape index (κ2) is 5.05. The van der Waals surface area contributed by atoms with Crippen molar-refractivity contribution in [3.63, 3.8) is 0 Å². The van der Waals surface area contributed by atoms with Crippen LogP contribution in [0.4, 0.5) is 8.78 Å². The normalized spacial score (nSPS) is 13.3. The van der Waals surface area contributed by atoms with Gasteiger partial charge in [0.1, 0.15) is 11.6 Å². The maximum absolute atomic E-state index is 13.1.